The zero-order valence-electron chi connectivity index (χ0n) is 30.4. The molecule has 1 aliphatic carbocycles. The number of methoxy groups -OCH3 is 1. The van der Waals surface area contributed by atoms with Gasteiger partial charge in [0, 0.05) is 25.3 Å². The first-order valence-corrected chi connectivity index (χ1v) is 17.5. The van der Waals surface area contributed by atoms with Gasteiger partial charge in [-0.05, 0) is 109 Å². The highest BCUT2D eigenvalue weighted by atomic mass is 16.7. The Balaban J connectivity index is 1.07. The Kier molecular flexibility index (Phi) is 12.0. The van der Waals surface area contributed by atoms with E-state index in [4.69, 9.17) is 37.9 Å². The van der Waals surface area contributed by atoms with E-state index in [2.05, 4.69) is 0 Å². The predicted octanol–water partition coefficient (Wildman–Crippen LogP) is 9.74. The van der Waals surface area contributed by atoms with Crippen LogP contribution < -0.4 is 37.9 Å². The maximum atomic E-state index is 12.7. The van der Waals surface area contributed by atoms with Crippen molar-refractivity contribution in [3.05, 3.63) is 126 Å². The number of benzene rings is 5. The van der Waals surface area contributed by atoms with Gasteiger partial charge in [0.1, 0.15) is 40.2 Å². The van der Waals surface area contributed by atoms with Crippen LogP contribution >= 0.6 is 0 Å². The van der Waals surface area contributed by atoms with Crippen molar-refractivity contribution in [3.63, 3.8) is 0 Å². The van der Waals surface area contributed by atoms with Gasteiger partial charge in [-0.3, -0.25) is 9.59 Å². The molecule has 0 N–H and O–H groups in total. The third-order valence-corrected chi connectivity index (χ3v) is 8.87. The summed E-state index contributed by atoms with van der Waals surface area (Å²) in [5.41, 5.74) is 1.79. The Hall–Kier alpha value is -6.82. The van der Waals surface area contributed by atoms with Crippen LogP contribution in [0.15, 0.2) is 115 Å². The van der Waals surface area contributed by atoms with Gasteiger partial charge in [-0.2, -0.15) is 0 Å². The number of carbonyl (C=O) groups excluding carboxylic acids is 4. The van der Waals surface area contributed by atoms with Crippen molar-refractivity contribution in [2.24, 2.45) is 0 Å². The fourth-order valence-corrected chi connectivity index (χ4v) is 6.40. The third-order valence-electron chi connectivity index (χ3n) is 8.87. The average Bonchev–Trinajstić information content (AvgIpc) is 3.17. The van der Waals surface area contributed by atoms with Crippen molar-refractivity contribution >= 4 is 24.2 Å². The van der Waals surface area contributed by atoms with Crippen molar-refractivity contribution in [3.8, 4) is 51.7 Å². The molecule has 1 aliphatic rings. The lowest BCUT2D eigenvalue weighted by Crippen LogP contribution is -2.30. The minimum atomic E-state index is -1.06. The van der Waals surface area contributed by atoms with Crippen LogP contribution in [0, 0.1) is 0 Å². The molecule has 0 spiro atoms. The summed E-state index contributed by atoms with van der Waals surface area (Å²) in [6, 6.07) is 32.4. The minimum Gasteiger partial charge on any atom is -0.497 e. The first kappa shape index (κ1) is 37.9. The summed E-state index contributed by atoms with van der Waals surface area (Å²) >= 11 is 0. The van der Waals surface area contributed by atoms with Gasteiger partial charge in [0.2, 0.25) is 0 Å². The quantitative estimate of drug-likeness (QED) is 0.0721. The second-order valence-electron chi connectivity index (χ2n) is 12.6. The molecule has 0 heterocycles. The molecule has 0 atom stereocenters. The summed E-state index contributed by atoms with van der Waals surface area (Å²) < 4.78 is 42.8. The molecule has 0 unspecified atom stereocenters. The molecule has 0 amide bonds. The smallest absolute Gasteiger partial charge is 0.497 e. The zero-order chi connectivity index (χ0) is 38.8. The Bertz CT molecular complexity index is 2120. The summed E-state index contributed by atoms with van der Waals surface area (Å²) in [4.78, 5) is 48.3. The van der Waals surface area contributed by atoms with Crippen molar-refractivity contribution < 1.29 is 57.1 Å². The van der Waals surface area contributed by atoms with Crippen molar-refractivity contribution in [2.75, 3.05) is 7.11 Å². The summed E-state index contributed by atoms with van der Waals surface area (Å²) in [5, 5.41) is 0. The average molecular weight is 747 g/mol. The number of rotatable bonds is 11. The lowest BCUT2D eigenvalue weighted by Gasteiger charge is -2.38. The van der Waals surface area contributed by atoms with Crippen molar-refractivity contribution in [2.45, 2.75) is 51.4 Å². The predicted molar refractivity (Wildman–Crippen MR) is 199 cm³/mol. The first-order chi connectivity index (χ1) is 26.6. The largest absolute Gasteiger partial charge is 0.519 e. The Morgan fingerprint density at radius 1 is 0.436 bits per heavy atom. The van der Waals surface area contributed by atoms with Crippen molar-refractivity contribution in [1.82, 2.24) is 0 Å². The van der Waals surface area contributed by atoms with Gasteiger partial charge in [0.05, 0.1) is 7.11 Å². The molecule has 1 saturated carbocycles. The fraction of sp³-hybridized carbons (Fsp3) is 0.209. The molecule has 5 aromatic carbocycles. The summed E-state index contributed by atoms with van der Waals surface area (Å²) in [6.07, 6.45) is 3.04. The molecule has 55 heavy (non-hydrogen) atoms. The van der Waals surface area contributed by atoms with Gasteiger partial charge in [0.15, 0.2) is 11.5 Å². The van der Waals surface area contributed by atoms with Crippen LogP contribution in [0.5, 0.6) is 51.7 Å². The Labute approximate surface area is 317 Å². The van der Waals surface area contributed by atoms with Crippen LogP contribution in [0.2, 0.25) is 0 Å². The molecule has 0 aromatic heterocycles. The van der Waals surface area contributed by atoms with Crippen LogP contribution in [0.4, 0.5) is 9.59 Å². The second-order valence-corrected chi connectivity index (χ2v) is 12.6. The summed E-state index contributed by atoms with van der Waals surface area (Å²) in [5.74, 6) is 1.47. The van der Waals surface area contributed by atoms with Crippen LogP contribution in [-0.2, 0) is 15.0 Å². The van der Waals surface area contributed by atoms with E-state index < -0.39 is 24.2 Å². The molecular formula is C43H38O12. The molecule has 5 aromatic rings. The SMILES string of the molecule is COc1ccc(Oc2ccc(OC(=O)Oc3ccc(C4(c5ccc(OC(=O)Oc6ccc(OC(C)=O)cc6OC(C)=O)cc5)CCCCC4)cc3)cc2)cc1. The Morgan fingerprint density at radius 3 is 1.33 bits per heavy atom. The second kappa shape index (κ2) is 17.3. The van der Waals surface area contributed by atoms with Gasteiger partial charge < -0.3 is 37.9 Å². The van der Waals surface area contributed by atoms with Crippen LogP contribution in [-0.4, -0.2) is 31.4 Å². The molecule has 0 bridgehead atoms. The van der Waals surface area contributed by atoms with Gasteiger partial charge in [-0.15, -0.1) is 0 Å². The van der Waals surface area contributed by atoms with Gasteiger partial charge >= 0.3 is 24.2 Å². The van der Waals surface area contributed by atoms with E-state index >= 15 is 0 Å². The van der Waals surface area contributed by atoms with Crippen LogP contribution in [0.25, 0.3) is 0 Å². The van der Waals surface area contributed by atoms with Crippen LogP contribution in [0.3, 0.4) is 0 Å². The molecule has 0 radical (unpaired) electrons. The number of ether oxygens (including phenoxy) is 8. The normalized spacial score (nSPS) is 13.1. The van der Waals surface area contributed by atoms with E-state index in [1.807, 2.05) is 24.3 Å². The molecule has 0 aliphatic heterocycles. The molecule has 282 valence electrons. The lowest BCUT2D eigenvalue weighted by atomic mass is 9.65. The lowest BCUT2D eigenvalue weighted by molar-refractivity contribution is -0.132. The number of hydrogen-bond donors (Lipinski definition) is 0. The minimum absolute atomic E-state index is 0.0972. The number of esters is 2. The van der Waals surface area contributed by atoms with Gasteiger partial charge in [0.25, 0.3) is 0 Å². The van der Waals surface area contributed by atoms with E-state index in [9.17, 15) is 19.2 Å². The standard InChI is InChI=1S/C43H38O12/c1-28(44)49-38-23-24-39(40(27-38)50-29(2)45)55-42(47)54-36-13-9-31(10-14-36)43(25-5-4-6-26-43)30-7-11-35(12-8-30)52-41(46)53-37-21-19-34(20-22-37)51-33-17-15-32(48-3)16-18-33/h7-24,27H,4-6,25-26H2,1-3H3. The number of carbonyl (C=O) groups is 4. The molecule has 12 heteroatoms. The summed E-state index contributed by atoms with van der Waals surface area (Å²) in [7, 11) is 1.60. The van der Waals surface area contributed by atoms with Crippen LogP contribution in [0.1, 0.15) is 57.1 Å². The van der Waals surface area contributed by atoms with E-state index in [1.165, 1.54) is 32.0 Å². The van der Waals surface area contributed by atoms with E-state index in [0.29, 0.717) is 23.0 Å². The molecule has 12 nitrogen and oxygen atoms in total. The maximum Gasteiger partial charge on any atom is 0.519 e. The molecule has 1 fully saturated rings. The van der Waals surface area contributed by atoms with Crippen molar-refractivity contribution in [1.29, 1.82) is 0 Å². The fourth-order valence-electron chi connectivity index (χ4n) is 6.40. The topological polar surface area (TPSA) is 142 Å². The first-order valence-electron chi connectivity index (χ1n) is 17.5. The zero-order valence-corrected chi connectivity index (χ0v) is 30.4. The molecule has 0 saturated heterocycles. The summed E-state index contributed by atoms with van der Waals surface area (Å²) in [6.45, 7) is 2.41. The maximum absolute atomic E-state index is 12.7. The highest BCUT2D eigenvalue weighted by molar-refractivity contribution is 5.74. The van der Waals surface area contributed by atoms with E-state index in [0.717, 1.165) is 49.0 Å². The number of hydrogen-bond acceptors (Lipinski definition) is 12. The third kappa shape index (κ3) is 9.99. The highest BCUT2D eigenvalue weighted by Crippen LogP contribution is 2.45. The Morgan fingerprint density at radius 2 is 0.855 bits per heavy atom. The van der Waals surface area contributed by atoms with E-state index in [1.54, 1.807) is 79.9 Å². The molecular weight excluding hydrogens is 708 g/mol. The van der Waals surface area contributed by atoms with E-state index in [-0.39, 0.29) is 28.4 Å². The van der Waals surface area contributed by atoms with Gasteiger partial charge in [-0.25, -0.2) is 9.59 Å². The monoisotopic (exact) mass is 746 g/mol. The highest BCUT2D eigenvalue weighted by Gasteiger charge is 2.36. The molecule has 6 rings (SSSR count). The van der Waals surface area contributed by atoms with Gasteiger partial charge in [-0.1, -0.05) is 43.5 Å².